The molecule has 4 rings (SSSR count). The summed E-state index contributed by atoms with van der Waals surface area (Å²) < 4.78 is 34.0. The third-order valence-electron chi connectivity index (χ3n) is 5.89. The van der Waals surface area contributed by atoms with Gasteiger partial charge in [0.2, 0.25) is 11.9 Å². The van der Waals surface area contributed by atoms with Crippen LogP contribution in [0.15, 0.2) is 29.6 Å². The van der Waals surface area contributed by atoms with E-state index in [1.807, 2.05) is 6.92 Å². The first-order valence-corrected chi connectivity index (χ1v) is 11.1. The molecule has 1 atom stereocenters. The Bertz CT molecular complexity index is 1190. The minimum Gasteiger partial charge on any atom is -0.379 e. The largest absolute Gasteiger partial charge is 0.379 e. The molecule has 1 N–H and O–H groups in total. The lowest BCUT2D eigenvalue weighted by Crippen LogP contribution is -2.49. The van der Waals surface area contributed by atoms with Gasteiger partial charge in [0.15, 0.2) is 0 Å². The second-order valence-corrected chi connectivity index (χ2v) is 8.35. The maximum Gasteiger partial charge on any atom is 0.274 e. The van der Waals surface area contributed by atoms with Crippen LogP contribution >= 0.6 is 0 Å². The highest BCUT2D eigenvalue weighted by Gasteiger charge is 2.23. The summed E-state index contributed by atoms with van der Waals surface area (Å²) in [7, 11) is 0. The number of hydrogen-bond acceptors (Lipinski definition) is 7. The van der Waals surface area contributed by atoms with Crippen molar-refractivity contribution < 1.29 is 18.3 Å². The average molecular weight is 476 g/mol. The zero-order chi connectivity index (χ0) is 24.2. The predicted molar refractivity (Wildman–Crippen MR) is 121 cm³/mol. The summed E-state index contributed by atoms with van der Waals surface area (Å²) in [6.07, 6.45) is 3.61. The Hall–Kier alpha value is -3.41. The third-order valence-corrected chi connectivity index (χ3v) is 5.89. The number of piperazine rings is 1. The van der Waals surface area contributed by atoms with Crippen LogP contribution in [0.3, 0.4) is 0 Å². The van der Waals surface area contributed by atoms with Gasteiger partial charge in [0.05, 0.1) is 42.8 Å². The Morgan fingerprint density at radius 1 is 1.18 bits per heavy atom. The first-order chi connectivity index (χ1) is 16.3. The number of H-pyrrole nitrogens is 1. The molecule has 0 bridgehead atoms. The van der Waals surface area contributed by atoms with Crippen molar-refractivity contribution >= 4 is 22.8 Å². The Kier molecular flexibility index (Phi) is 7.15. The van der Waals surface area contributed by atoms with Gasteiger partial charge in [-0.3, -0.25) is 9.59 Å². The Labute approximate surface area is 194 Å². The molecule has 1 amide bonds. The van der Waals surface area contributed by atoms with Crippen molar-refractivity contribution in [1.82, 2.24) is 29.6 Å². The molecule has 182 valence electrons. The summed E-state index contributed by atoms with van der Waals surface area (Å²) in [5, 5.41) is 5.85. The van der Waals surface area contributed by atoms with E-state index in [1.54, 1.807) is 28.8 Å². The van der Waals surface area contributed by atoms with Gasteiger partial charge in [-0.05, 0) is 19.4 Å². The maximum absolute atomic E-state index is 13.4. The molecule has 4 heterocycles. The van der Waals surface area contributed by atoms with E-state index in [2.05, 4.69) is 25.1 Å². The van der Waals surface area contributed by atoms with E-state index in [-0.39, 0.29) is 42.5 Å². The number of amides is 1. The molecule has 0 spiro atoms. The lowest BCUT2D eigenvalue weighted by Gasteiger charge is -2.34. The Balaban J connectivity index is 1.26. The molecule has 12 heteroatoms. The highest BCUT2D eigenvalue weighted by atomic mass is 19.3. The number of aryl methyl sites for hydroxylation is 1. The van der Waals surface area contributed by atoms with Crippen molar-refractivity contribution in [3.63, 3.8) is 0 Å². The number of anilines is 1. The maximum atomic E-state index is 13.4. The zero-order valence-corrected chi connectivity index (χ0v) is 19.1. The van der Waals surface area contributed by atoms with Gasteiger partial charge in [-0.1, -0.05) is 0 Å². The van der Waals surface area contributed by atoms with E-state index < -0.39 is 12.0 Å². The Morgan fingerprint density at radius 3 is 2.56 bits per heavy atom. The number of fused-ring (bicyclic) bond motifs is 1. The predicted octanol–water partition coefficient (Wildman–Crippen LogP) is 2.08. The minimum atomic E-state index is -2.78. The van der Waals surface area contributed by atoms with Gasteiger partial charge < -0.3 is 19.1 Å². The summed E-state index contributed by atoms with van der Waals surface area (Å²) >= 11 is 0. The van der Waals surface area contributed by atoms with Crippen LogP contribution in [0, 0.1) is 6.92 Å². The van der Waals surface area contributed by atoms with Crippen molar-refractivity contribution in [1.29, 1.82) is 0 Å². The fourth-order valence-electron chi connectivity index (χ4n) is 4.03. The highest BCUT2D eigenvalue weighted by Crippen LogP contribution is 2.29. The zero-order valence-electron chi connectivity index (χ0n) is 19.1. The first kappa shape index (κ1) is 23.7. The number of halogens is 2. The fourth-order valence-corrected chi connectivity index (χ4v) is 4.03. The molecule has 1 fully saturated rings. The molecule has 0 radical (unpaired) electrons. The third kappa shape index (κ3) is 5.06. The monoisotopic (exact) mass is 475 g/mol. The number of aromatic amines is 1. The number of nitrogens with one attached hydrogen (secondary N) is 1. The molecule has 0 aliphatic carbocycles. The normalized spacial score (nSPS) is 15.3. The number of aromatic nitrogens is 5. The summed E-state index contributed by atoms with van der Waals surface area (Å²) in [5.41, 5.74) is 0.327. The van der Waals surface area contributed by atoms with Crippen LogP contribution in [0.1, 0.15) is 36.9 Å². The van der Waals surface area contributed by atoms with E-state index >= 15 is 0 Å². The molecule has 3 aromatic rings. The van der Waals surface area contributed by atoms with Crippen molar-refractivity contribution in [2.45, 2.75) is 32.7 Å². The van der Waals surface area contributed by atoms with Crippen LogP contribution in [-0.4, -0.2) is 74.9 Å². The van der Waals surface area contributed by atoms with Crippen LogP contribution in [0.5, 0.6) is 0 Å². The van der Waals surface area contributed by atoms with Crippen LogP contribution in [-0.2, 0) is 9.53 Å². The molecule has 1 unspecified atom stereocenters. The molecule has 0 aromatic carbocycles. The number of carbonyl (C=O) groups is 1. The van der Waals surface area contributed by atoms with Crippen LogP contribution in [0.4, 0.5) is 14.7 Å². The van der Waals surface area contributed by atoms with E-state index in [1.165, 1.54) is 12.4 Å². The fraction of sp³-hybridized carbons (Fsp3) is 0.500. The van der Waals surface area contributed by atoms with Gasteiger partial charge in [0, 0.05) is 50.3 Å². The van der Waals surface area contributed by atoms with Gasteiger partial charge in [0.1, 0.15) is 0 Å². The standard InChI is InChI=1S/C22H27F2N7O3/c1-14-9-25-22(26-10-14)30-6-4-29(5-7-30)18(32)3-8-34-13-15(2)31-12-16(20(23)24)19-17(31)11-27-28-21(19)33/h9-12,15,20H,3-8,13H2,1-2H3,(H,28,33). The quantitative estimate of drug-likeness (QED) is 0.497. The molecule has 1 aliphatic rings. The summed E-state index contributed by atoms with van der Waals surface area (Å²) in [4.78, 5) is 37.1. The molecule has 0 saturated carbocycles. The molecule has 1 saturated heterocycles. The molecular formula is C22H27F2N7O3. The van der Waals surface area contributed by atoms with Crippen molar-refractivity contribution in [3.05, 3.63) is 46.3 Å². The lowest BCUT2D eigenvalue weighted by atomic mass is 10.2. The molecule has 34 heavy (non-hydrogen) atoms. The van der Waals surface area contributed by atoms with Gasteiger partial charge in [-0.25, -0.2) is 23.8 Å². The van der Waals surface area contributed by atoms with Gasteiger partial charge >= 0.3 is 0 Å². The number of rotatable bonds is 8. The topological polar surface area (TPSA) is 109 Å². The average Bonchev–Trinajstić information content (AvgIpc) is 3.24. The van der Waals surface area contributed by atoms with Crippen LogP contribution in [0.2, 0.25) is 0 Å². The number of ether oxygens (including phenoxy) is 1. The number of hydrogen-bond donors (Lipinski definition) is 1. The van der Waals surface area contributed by atoms with E-state index in [0.29, 0.717) is 37.6 Å². The van der Waals surface area contributed by atoms with Crippen molar-refractivity contribution in [2.75, 3.05) is 44.3 Å². The lowest BCUT2D eigenvalue weighted by molar-refractivity contribution is -0.132. The second-order valence-electron chi connectivity index (χ2n) is 8.35. The number of nitrogens with zero attached hydrogens (tertiary/aromatic N) is 6. The summed E-state index contributed by atoms with van der Waals surface area (Å²) in [6, 6.07) is -0.327. The SMILES string of the molecule is Cc1cnc(N2CCN(C(=O)CCOCC(C)n3cc(C(F)F)c4c(=O)[nH]ncc43)CC2)nc1. The van der Waals surface area contributed by atoms with Gasteiger partial charge in [-0.15, -0.1) is 0 Å². The van der Waals surface area contributed by atoms with E-state index in [0.717, 1.165) is 5.56 Å². The first-order valence-electron chi connectivity index (χ1n) is 11.1. The Morgan fingerprint density at radius 2 is 1.88 bits per heavy atom. The van der Waals surface area contributed by atoms with E-state index in [9.17, 15) is 18.4 Å². The van der Waals surface area contributed by atoms with Crippen molar-refractivity contribution in [3.8, 4) is 0 Å². The minimum absolute atomic E-state index is 0.000683. The highest BCUT2D eigenvalue weighted by molar-refractivity contribution is 5.82. The molecule has 3 aromatic heterocycles. The number of carbonyl (C=O) groups excluding carboxylic acids is 1. The van der Waals surface area contributed by atoms with Crippen LogP contribution in [0.25, 0.3) is 10.9 Å². The molecular weight excluding hydrogens is 448 g/mol. The molecule has 10 nitrogen and oxygen atoms in total. The summed E-state index contributed by atoms with van der Waals surface area (Å²) in [5.74, 6) is 0.666. The summed E-state index contributed by atoms with van der Waals surface area (Å²) in [6.45, 7) is 6.63. The molecule has 1 aliphatic heterocycles. The number of alkyl halides is 2. The van der Waals surface area contributed by atoms with E-state index in [4.69, 9.17) is 4.74 Å². The van der Waals surface area contributed by atoms with Gasteiger partial charge in [0.25, 0.3) is 12.0 Å². The smallest absolute Gasteiger partial charge is 0.274 e. The second kappa shape index (κ2) is 10.2. The van der Waals surface area contributed by atoms with Crippen LogP contribution < -0.4 is 10.5 Å². The van der Waals surface area contributed by atoms with Gasteiger partial charge in [-0.2, -0.15) is 5.10 Å². The van der Waals surface area contributed by atoms with Crippen molar-refractivity contribution in [2.24, 2.45) is 0 Å².